The Morgan fingerprint density at radius 1 is 1.64 bits per heavy atom. The van der Waals surface area contributed by atoms with Gasteiger partial charge in [-0.25, -0.2) is 0 Å². The van der Waals surface area contributed by atoms with Crippen molar-refractivity contribution in [2.45, 2.75) is 0 Å². The predicted molar refractivity (Wildman–Crippen MR) is 43.6 cm³/mol. The molecular weight excluding hydrogens is 160 g/mol. The first kappa shape index (κ1) is 8.05. The van der Waals surface area contributed by atoms with Crippen molar-refractivity contribution in [2.24, 2.45) is 5.73 Å². The van der Waals surface area contributed by atoms with E-state index in [0.717, 1.165) is 5.06 Å². The molecule has 0 atom stereocenters. The number of nitrogens with two attached hydrogens (primary N) is 1. The van der Waals surface area contributed by atoms with Crippen molar-refractivity contribution >= 4 is 11.3 Å². The summed E-state index contributed by atoms with van der Waals surface area (Å²) in [5.74, 6) is 0. The highest BCUT2D eigenvalue weighted by Gasteiger charge is 1.97. The quantitative estimate of drug-likeness (QED) is 0.731. The SMILES string of the molecule is N#Cc1ccc(OCCN)s1. The second-order valence-electron chi connectivity index (χ2n) is 1.87. The topological polar surface area (TPSA) is 59.0 Å². The second-order valence-corrected chi connectivity index (χ2v) is 2.91. The normalized spacial score (nSPS) is 9.09. The molecule has 0 saturated carbocycles. The first-order chi connectivity index (χ1) is 5.36. The van der Waals surface area contributed by atoms with Crippen LogP contribution in [0.15, 0.2) is 12.1 Å². The Morgan fingerprint density at radius 2 is 2.45 bits per heavy atom. The van der Waals surface area contributed by atoms with Gasteiger partial charge in [0.1, 0.15) is 17.6 Å². The van der Waals surface area contributed by atoms with Crippen LogP contribution in [0, 0.1) is 11.3 Å². The molecule has 1 aromatic rings. The number of rotatable bonds is 3. The average Bonchev–Trinajstić information content (AvgIpc) is 2.48. The third-order valence-corrected chi connectivity index (χ3v) is 1.96. The lowest BCUT2D eigenvalue weighted by molar-refractivity contribution is 0.338. The van der Waals surface area contributed by atoms with Gasteiger partial charge in [-0.3, -0.25) is 0 Å². The lowest BCUT2D eigenvalue weighted by Crippen LogP contribution is -2.09. The van der Waals surface area contributed by atoms with Gasteiger partial charge in [0.2, 0.25) is 0 Å². The number of hydrogen-bond acceptors (Lipinski definition) is 4. The Bertz CT molecular complexity index is 264. The molecular formula is C7H8N2OS. The third kappa shape index (κ3) is 2.22. The van der Waals surface area contributed by atoms with Crippen LogP contribution in [0.3, 0.4) is 0 Å². The molecule has 58 valence electrons. The molecule has 0 spiro atoms. The van der Waals surface area contributed by atoms with Crippen molar-refractivity contribution in [1.82, 2.24) is 0 Å². The zero-order valence-electron chi connectivity index (χ0n) is 5.91. The van der Waals surface area contributed by atoms with E-state index in [-0.39, 0.29) is 0 Å². The van der Waals surface area contributed by atoms with E-state index in [0.29, 0.717) is 18.0 Å². The number of ether oxygens (including phenoxy) is 1. The zero-order valence-corrected chi connectivity index (χ0v) is 6.73. The number of nitriles is 1. The molecule has 1 aromatic heterocycles. The van der Waals surface area contributed by atoms with E-state index in [1.54, 1.807) is 12.1 Å². The minimum Gasteiger partial charge on any atom is -0.483 e. The molecule has 0 saturated heterocycles. The molecule has 1 rings (SSSR count). The van der Waals surface area contributed by atoms with Crippen LogP contribution >= 0.6 is 11.3 Å². The fourth-order valence-electron chi connectivity index (χ4n) is 0.617. The molecule has 0 aliphatic rings. The molecule has 0 fully saturated rings. The van der Waals surface area contributed by atoms with Crippen molar-refractivity contribution in [3.63, 3.8) is 0 Å². The highest BCUT2D eigenvalue weighted by molar-refractivity contribution is 7.14. The first-order valence-corrected chi connectivity index (χ1v) is 4.01. The summed E-state index contributed by atoms with van der Waals surface area (Å²) in [6.45, 7) is 1.01. The van der Waals surface area contributed by atoms with Crippen LogP contribution in [0.2, 0.25) is 0 Å². The molecule has 0 amide bonds. The smallest absolute Gasteiger partial charge is 0.175 e. The van der Waals surface area contributed by atoms with Crippen molar-refractivity contribution in [3.8, 4) is 11.1 Å². The summed E-state index contributed by atoms with van der Waals surface area (Å²) in [6.07, 6.45) is 0. The van der Waals surface area contributed by atoms with Gasteiger partial charge in [0, 0.05) is 6.54 Å². The van der Waals surface area contributed by atoms with Crippen LogP contribution < -0.4 is 10.5 Å². The molecule has 1 heterocycles. The molecule has 0 aromatic carbocycles. The summed E-state index contributed by atoms with van der Waals surface area (Å²) in [4.78, 5) is 0.664. The average molecular weight is 168 g/mol. The fourth-order valence-corrected chi connectivity index (χ4v) is 1.29. The van der Waals surface area contributed by atoms with Crippen LogP contribution in [0.5, 0.6) is 5.06 Å². The fraction of sp³-hybridized carbons (Fsp3) is 0.286. The number of hydrogen-bond donors (Lipinski definition) is 1. The van der Waals surface area contributed by atoms with Gasteiger partial charge in [0.25, 0.3) is 0 Å². The van der Waals surface area contributed by atoms with E-state index < -0.39 is 0 Å². The van der Waals surface area contributed by atoms with Crippen LogP contribution in [0.4, 0.5) is 0 Å². The minimum absolute atomic E-state index is 0.500. The van der Waals surface area contributed by atoms with Crippen LogP contribution in [-0.2, 0) is 0 Å². The monoisotopic (exact) mass is 168 g/mol. The van der Waals surface area contributed by atoms with Gasteiger partial charge in [-0.2, -0.15) is 5.26 Å². The lowest BCUT2D eigenvalue weighted by atomic mass is 10.5. The molecule has 4 heteroatoms. The summed E-state index contributed by atoms with van der Waals surface area (Å²) >= 11 is 1.33. The standard InChI is InChI=1S/C7H8N2OS/c8-3-4-10-7-2-1-6(5-9)11-7/h1-2H,3-4,8H2. The molecule has 0 radical (unpaired) electrons. The predicted octanol–water partition coefficient (Wildman–Crippen LogP) is 0.957. The Hall–Kier alpha value is -1.05. The number of thiophene rings is 1. The van der Waals surface area contributed by atoms with Crippen molar-refractivity contribution in [1.29, 1.82) is 5.26 Å². The summed E-state index contributed by atoms with van der Waals surface area (Å²) in [7, 11) is 0. The Labute approximate surface area is 69.0 Å². The van der Waals surface area contributed by atoms with E-state index >= 15 is 0 Å². The van der Waals surface area contributed by atoms with E-state index in [2.05, 4.69) is 0 Å². The third-order valence-electron chi connectivity index (χ3n) is 1.05. The molecule has 0 aliphatic heterocycles. The van der Waals surface area contributed by atoms with E-state index in [4.69, 9.17) is 15.7 Å². The van der Waals surface area contributed by atoms with Crippen LogP contribution in [0.25, 0.3) is 0 Å². The van der Waals surface area contributed by atoms with Gasteiger partial charge in [0.05, 0.1) is 0 Å². The van der Waals surface area contributed by atoms with E-state index in [9.17, 15) is 0 Å². The summed E-state index contributed by atoms with van der Waals surface area (Å²) < 4.78 is 5.18. The van der Waals surface area contributed by atoms with Crippen LogP contribution in [0.1, 0.15) is 4.88 Å². The van der Waals surface area contributed by atoms with Crippen molar-refractivity contribution < 1.29 is 4.74 Å². The number of nitrogens with zero attached hydrogens (tertiary/aromatic N) is 1. The first-order valence-electron chi connectivity index (χ1n) is 3.19. The second kappa shape index (κ2) is 3.96. The maximum atomic E-state index is 8.46. The van der Waals surface area contributed by atoms with Gasteiger partial charge < -0.3 is 10.5 Å². The molecule has 2 N–H and O–H groups in total. The van der Waals surface area contributed by atoms with E-state index in [1.165, 1.54) is 11.3 Å². The molecule has 0 aliphatic carbocycles. The minimum atomic E-state index is 0.500. The molecule has 0 unspecified atom stereocenters. The highest BCUT2D eigenvalue weighted by atomic mass is 32.1. The Morgan fingerprint density at radius 3 is 3.00 bits per heavy atom. The van der Waals surface area contributed by atoms with Gasteiger partial charge in [0.15, 0.2) is 5.06 Å². The summed E-state index contributed by atoms with van der Waals surface area (Å²) in [5, 5.41) is 9.21. The Kier molecular flexibility index (Phi) is 2.90. The van der Waals surface area contributed by atoms with Gasteiger partial charge in [-0.1, -0.05) is 11.3 Å². The molecule has 0 bridgehead atoms. The maximum absolute atomic E-state index is 8.46. The lowest BCUT2D eigenvalue weighted by Gasteiger charge is -1.97. The van der Waals surface area contributed by atoms with Gasteiger partial charge in [-0.05, 0) is 12.1 Å². The highest BCUT2D eigenvalue weighted by Crippen LogP contribution is 2.22. The van der Waals surface area contributed by atoms with Gasteiger partial charge >= 0.3 is 0 Å². The zero-order chi connectivity index (χ0) is 8.10. The summed E-state index contributed by atoms with van der Waals surface area (Å²) in [6, 6.07) is 5.54. The van der Waals surface area contributed by atoms with E-state index in [1.807, 2.05) is 6.07 Å². The molecule has 11 heavy (non-hydrogen) atoms. The van der Waals surface area contributed by atoms with Crippen molar-refractivity contribution in [2.75, 3.05) is 13.2 Å². The maximum Gasteiger partial charge on any atom is 0.175 e. The van der Waals surface area contributed by atoms with Gasteiger partial charge in [-0.15, -0.1) is 0 Å². The summed E-state index contributed by atoms with van der Waals surface area (Å²) in [5.41, 5.74) is 5.23. The van der Waals surface area contributed by atoms with Crippen molar-refractivity contribution in [3.05, 3.63) is 17.0 Å². The Balaban J connectivity index is 2.53. The van der Waals surface area contributed by atoms with Crippen LogP contribution in [-0.4, -0.2) is 13.2 Å². The largest absolute Gasteiger partial charge is 0.483 e. The molecule has 3 nitrogen and oxygen atoms in total.